The van der Waals surface area contributed by atoms with E-state index in [1.807, 2.05) is 0 Å². The number of esters is 4. The van der Waals surface area contributed by atoms with Crippen LogP contribution >= 0.6 is 15.6 Å². The normalized spacial score (nSPS) is 14.1. The molecule has 0 saturated carbocycles. The van der Waals surface area contributed by atoms with Gasteiger partial charge in [0.25, 0.3) is 0 Å². The van der Waals surface area contributed by atoms with E-state index < -0.39 is 97.5 Å². The van der Waals surface area contributed by atoms with Crippen molar-refractivity contribution in [3.8, 4) is 0 Å². The van der Waals surface area contributed by atoms with Crippen molar-refractivity contribution >= 4 is 39.5 Å². The Hall–Kier alpha value is -2.46. The SMILES string of the molecule is CCCCCC/C=C\C=C/CCCCCCCC(=O)O[C@H](COC(=O)CCCCCCCCCCCCCCCCC)COP(=O)(O)OC[C@@H](O)COP(=O)(O)OC[C@@H](COC(=O)CCCCCCCCCCCC)OC(=O)CCCCCCCCCCCCCC. The highest BCUT2D eigenvalue weighted by Gasteiger charge is 2.30. The van der Waals surface area contributed by atoms with E-state index in [0.717, 1.165) is 103 Å². The van der Waals surface area contributed by atoms with Crippen molar-refractivity contribution in [3.63, 3.8) is 0 Å². The summed E-state index contributed by atoms with van der Waals surface area (Å²) in [5, 5.41) is 10.6. The molecular formula is C73H138O17P2. The van der Waals surface area contributed by atoms with Crippen LogP contribution < -0.4 is 0 Å². The zero-order chi connectivity index (χ0) is 67.5. The molecule has 3 N–H and O–H groups in total. The highest BCUT2D eigenvalue weighted by Crippen LogP contribution is 2.45. The summed E-state index contributed by atoms with van der Waals surface area (Å²) in [5.41, 5.74) is 0. The summed E-state index contributed by atoms with van der Waals surface area (Å²) >= 11 is 0. The third-order valence-corrected chi connectivity index (χ3v) is 18.4. The van der Waals surface area contributed by atoms with E-state index in [-0.39, 0.29) is 25.7 Å². The molecule has 0 aromatic carbocycles. The first-order valence-corrected chi connectivity index (χ1v) is 40.6. The quantitative estimate of drug-likeness (QED) is 0.0169. The number of carbonyl (C=O) groups is 4. The molecule has 0 aliphatic carbocycles. The molecule has 0 amide bonds. The second-order valence-electron chi connectivity index (χ2n) is 25.6. The van der Waals surface area contributed by atoms with Crippen molar-refractivity contribution in [3.05, 3.63) is 24.3 Å². The number of rotatable bonds is 72. The number of unbranched alkanes of at least 4 members (excludes halogenated alkanes) is 43. The average Bonchev–Trinajstić information content (AvgIpc) is 3.26. The Morgan fingerprint density at radius 1 is 0.304 bits per heavy atom. The van der Waals surface area contributed by atoms with E-state index in [1.165, 1.54) is 180 Å². The third-order valence-electron chi connectivity index (χ3n) is 16.5. The lowest BCUT2D eigenvalue weighted by Crippen LogP contribution is -2.30. The van der Waals surface area contributed by atoms with Crippen molar-refractivity contribution in [1.82, 2.24) is 0 Å². The number of hydrogen-bond acceptors (Lipinski definition) is 15. The molecule has 2 unspecified atom stereocenters. The van der Waals surface area contributed by atoms with Gasteiger partial charge in [0.1, 0.15) is 19.3 Å². The van der Waals surface area contributed by atoms with Crippen molar-refractivity contribution in [2.45, 2.75) is 380 Å². The summed E-state index contributed by atoms with van der Waals surface area (Å²) in [7, 11) is -9.91. The Kier molecular flexibility index (Phi) is 65.3. The molecule has 19 heteroatoms. The Morgan fingerprint density at radius 3 is 0.793 bits per heavy atom. The average molecular weight is 1350 g/mol. The van der Waals surface area contributed by atoms with Crippen molar-refractivity contribution < 1.29 is 80.2 Å². The maximum atomic E-state index is 13.0. The standard InChI is InChI=1S/C73H138O17P2/c1-5-9-13-17-21-25-29-32-34-36-39-42-46-50-54-58-71(76)84-64-69(90-73(78)60-56-52-48-44-40-37-35-33-30-26-22-18-14-10-6-2)66-88-92(81,82)86-62-67(74)61-85-91(79,80)87-65-68(63-83-70(75)57-53-49-45-41-28-24-20-16-12-8-4)89-72(77)59-55-51-47-43-38-31-27-23-19-15-11-7-3/h26,30,33,35,67-69,74H,5-25,27-29,31-32,34,36-66H2,1-4H3,(H,79,80)(H,81,82)/b30-26-,35-33-/t67-,68+,69+/m0/s1. The van der Waals surface area contributed by atoms with Crippen LogP contribution in [0.5, 0.6) is 0 Å². The predicted molar refractivity (Wildman–Crippen MR) is 372 cm³/mol. The van der Waals surface area contributed by atoms with Crippen molar-refractivity contribution in [2.75, 3.05) is 39.6 Å². The van der Waals surface area contributed by atoms with Crippen LogP contribution in [0.4, 0.5) is 0 Å². The molecule has 0 aliphatic heterocycles. The molecule has 17 nitrogen and oxygen atoms in total. The van der Waals surface area contributed by atoms with Crippen LogP contribution in [0.15, 0.2) is 24.3 Å². The number of aliphatic hydroxyl groups is 1. The molecule has 542 valence electrons. The van der Waals surface area contributed by atoms with Gasteiger partial charge in [0, 0.05) is 25.7 Å². The highest BCUT2D eigenvalue weighted by atomic mass is 31.2. The van der Waals surface area contributed by atoms with Gasteiger partial charge in [-0.05, 0) is 51.4 Å². The fourth-order valence-corrected chi connectivity index (χ4v) is 12.3. The second kappa shape index (κ2) is 67.1. The molecule has 0 radical (unpaired) electrons. The number of ether oxygens (including phenoxy) is 4. The second-order valence-corrected chi connectivity index (χ2v) is 28.6. The first-order valence-electron chi connectivity index (χ1n) is 37.6. The summed E-state index contributed by atoms with van der Waals surface area (Å²) in [4.78, 5) is 72.6. The summed E-state index contributed by atoms with van der Waals surface area (Å²) in [5.74, 6) is -2.15. The molecule has 0 aliphatic rings. The maximum Gasteiger partial charge on any atom is 0.472 e. The monoisotopic (exact) mass is 1350 g/mol. The van der Waals surface area contributed by atoms with Crippen molar-refractivity contribution in [1.29, 1.82) is 0 Å². The van der Waals surface area contributed by atoms with Crippen molar-refractivity contribution in [2.24, 2.45) is 0 Å². The van der Waals surface area contributed by atoms with Gasteiger partial charge in [0.2, 0.25) is 0 Å². The molecule has 0 rings (SSSR count). The fraction of sp³-hybridized carbons (Fsp3) is 0.890. The van der Waals surface area contributed by atoms with Gasteiger partial charge >= 0.3 is 39.5 Å². The predicted octanol–water partition coefficient (Wildman–Crippen LogP) is 21.0. The smallest absolute Gasteiger partial charge is 0.462 e. The molecular weight excluding hydrogens is 1210 g/mol. The van der Waals surface area contributed by atoms with E-state index in [2.05, 4.69) is 52.0 Å². The maximum absolute atomic E-state index is 13.0. The van der Waals surface area contributed by atoms with Crippen LogP contribution in [0.1, 0.15) is 362 Å². The molecule has 0 saturated heterocycles. The Bertz CT molecular complexity index is 1850. The first-order chi connectivity index (χ1) is 44.7. The molecule has 0 heterocycles. The van der Waals surface area contributed by atoms with Crippen LogP contribution in [0.2, 0.25) is 0 Å². The molecule has 0 bridgehead atoms. The van der Waals surface area contributed by atoms with E-state index in [1.54, 1.807) is 0 Å². The minimum atomic E-state index is -4.96. The summed E-state index contributed by atoms with van der Waals surface area (Å²) < 4.78 is 68.3. The summed E-state index contributed by atoms with van der Waals surface area (Å²) in [6.45, 7) is 4.90. The zero-order valence-corrected chi connectivity index (χ0v) is 60.8. The fourth-order valence-electron chi connectivity index (χ4n) is 10.7. The van der Waals surface area contributed by atoms with Gasteiger partial charge in [-0.15, -0.1) is 0 Å². The molecule has 0 spiro atoms. The molecule has 5 atom stereocenters. The highest BCUT2D eigenvalue weighted by molar-refractivity contribution is 7.47. The summed E-state index contributed by atoms with van der Waals surface area (Å²) in [6, 6.07) is 0. The van der Waals surface area contributed by atoms with Gasteiger partial charge in [-0.25, -0.2) is 9.13 Å². The largest absolute Gasteiger partial charge is 0.472 e. The molecule has 0 aromatic heterocycles. The number of phosphoric ester groups is 2. The summed E-state index contributed by atoms with van der Waals surface area (Å²) in [6.07, 6.45) is 58.9. The Morgan fingerprint density at radius 2 is 0.522 bits per heavy atom. The van der Waals surface area contributed by atoms with E-state index in [0.29, 0.717) is 25.7 Å². The lowest BCUT2D eigenvalue weighted by atomic mass is 10.0. The van der Waals surface area contributed by atoms with Gasteiger partial charge in [-0.2, -0.15) is 0 Å². The van der Waals surface area contributed by atoms with Crippen LogP contribution in [0.3, 0.4) is 0 Å². The molecule has 0 aromatic rings. The number of phosphoric acid groups is 2. The van der Waals surface area contributed by atoms with E-state index >= 15 is 0 Å². The van der Waals surface area contributed by atoms with Crippen LogP contribution in [-0.4, -0.2) is 96.7 Å². The van der Waals surface area contributed by atoms with Gasteiger partial charge < -0.3 is 33.8 Å². The Labute approximate surface area is 561 Å². The van der Waals surface area contributed by atoms with Gasteiger partial charge in [0.15, 0.2) is 12.2 Å². The lowest BCUT2D eigenvalue weighted by Gasteiger charge is -2.21. The van der Waals surface area contributed by atoms with Gasteiger partial charge in [-0.1, -0.05) is 309 Å². The van der Waals surface area contributed by atoms with Crippen LogP contribution in [0, 0.1) is 0 Å². The minimum absolute atomic E-state index is 0.0860. The zero-order valence-electron chi connectivity index (χ0n) is 59.0. The van der Waals surface area contributed by atoms with E-state index in [4.69, 9.17) is 37.0 Å². The minimum Gasteiger partial charge on any atom is -0.462 e. The number of hydrogen-bond donors (Lipinski definition) is 3. The van der Waals surface area contributed by atoms with Crippen LogP contribution in [0.25, 0.3) is 0 Å². The number of allylic oxidation sites excluding steroid dienone is 4. The Balaban J connectivity index is 5.28. The van der Waals surface area contributed by atoms with Gasteiger partial charge in [0.05, 0.1) is 26.4 Å². The van der Waals surface area contributed by atoms with Gasteiger partial charge in [-0.3, -0.25) is 37.3 Å². The molecule has 0 fully saturated rings. The number of carbonyl (C=O) groups excluding carboxylic acids is 4. The van der Waals surface area contributed by atoms with E-state index in [9.17, 15) is 43.2 Å². The first kappa shape index (κ1) is 89.5. The van der Waals surface area contributed by atoms with Crippen LogP contribution in [-0.2, 0) is 65.4 Å². The molecule has 92 heavy (non-hydrogen) atoms. The third kappa shape index (κ3) is 66.2. The number of aliphatic hydroxyl groups excluding tert-OH is 1. The lowest BCUT2D eigenvalue weighted by molar-refractivity contribution is -0.161. The topological polar surface area (TPSA) is 237 Å².